The second-order valence-corrected chi connectivity index (χ2v) is 8.04. The van der Waals surface area contributed by atoms with Crippen LogP contribution in [0.5, 0.6) is 0 Å². The first-order chi connectivity index (χ1) is 13.3. The van der Waals surface area contributed by atoms with Crippen LogP contribution in [0, 0.1) is 0 Å². The number of anilines is 2. The standard InChI is InChI=1S/C24H23NOS/c1-2-23(27-20-12-4-3-5-13-20)24(26)25-21-14-8-6-10-18(21)16-17-19-11-7-9-15-22(19)25/h3-15,23H,2,16-17H2,1H3. The molecule has 1 amide bonds. The van der Waals surface area contributed by atoms with Crippen molar-refractivity contribution in [2.24, 2.45) is 0 Å². The number of carbonyl (C=O) groups is 1. The lowest BCUT2D eigenvalue weighted by atomic mass is 10.0. The fraction of sp³-hybridized carbons (Fsp3) is 0.208. The maximum Gasteiger partial charge on any atom is 0.245 e. The predicted octanol–water partition coefficient (Wildman–Crippen LogP) is 6.02. The minimum absolute atomic E-state index is 0.119. The molecule has 0 spiro atoms. The van der Waals surface area contributed by atoms with Crippen LogP contribution < -0.4 is 4.90 Å². The summed E-state index contributed by atoms with van der Waals surface area (Å²) in [5.41, 5.74) is 4.53. The molecule has 1 aliphatic heterocycles. The van der Waals surface area contributed by atoms with Crippen molar-refractivity contribution in [2.75, 3.05) is 4.90 Å². The molecule has 3 aromatic carbocycles. The summed E-state index contributed by atoms with van der Waals surface area (Å²) in [6.45, 7) is 2.09. The molecule has 1 atom stereocenters. The number of hydrogen-bond acceptors (Lipinski definition) is 2. The second kappa shape index (κ2) is 8.01. The summed E-state index contributed by atoms with van der Waals surface area (Å²) in [6.07, 6.45) is 2.71. The maximum atomic E-state index is 13.7. The van der Waals surface area contributed by atoms with Gasteiger partial charge in [0.15, 0.2) is 0 Å². The van der Waals surface area contributed by atoms with Crippen LogP contribution >= 0.6 is 11.8 Å². The zero-order valence-electron chi connectivity index (χ0n) is 15.5. The fourth-order valence-electron chi connectivity index (χ4n) is 3.63. The molecule has 0 fully saturated rings. The molecule has 0 saturated carbocycles. The molecule has 3 heteroatoms. The van der Waals surface area contributed by atoms with Crippen LogP contribution in [0.15, 0.2) is 83.8 Å². The number of para-hydroxylation sites is 2. The molecular formula is C24H23NOS. The maximum absolute atomic E-state index is 13.7. The molecule has 27 heavy (non-hydrogen) atoms. The third-order valence-electron chi connectivity index (χ3n) is 5.02. The van der Waals surface area contributed by atoms with Crippen molar-refractivity contribution in [2.45, 2.75) is 36.3 Å². The zero-order chi connectivity index (χ0) is 18.6. The smallest absolute Gasteiger partial charge is 0.245 e. The molecule has 1 heterocycles. The van der Waals surface area contributed by atoms with Crippen LogP contribution in [-0.2, 0) is 17.6 Å². The molecular weight excluding hydrogens is 350 g/mol. The molecule has 4 rings (SSSR count). The summed E-state index contributed by atoms with van der Waals surface area (Å²) in [7, 11) is 0. The highest BCUT2D eigenvalue weighted by molar-refractivity contribution is 8.00. The van der Waals surface area contributed by atoms with Crippen molar-refractivity contribution >= 4 is 29.0 Å². The Morgan fingerprint density at radius 1 is 0.852 bits per heavy atom. The van der Waals surface area contributed by atoms with Crippen molar-refractivity contribution in [3.05, 3.63) is 90.0 Å². The van der Waals surface area contributed by atoms with E-state index in [4.69, 9.17) is 0 Å². The number of carbonyl (C=O) groups excluding carboxylic acids is 1. The van der Waals surface area contributed by atoms with Crippen molar-refractivity contribution < 1.29 is 4.79 Å². The van der Waals surface area contributed by atoms with Crippen molar-refractivity contribution in [1.82, 2.24) is 0 Å². The number of nitrogens with zero attached hydrogens (tertiary/aromatic N) is 1. The molecule has 0 aromatic heterocycles. The number of thioether (sulfide) groups is 1. The van der Waals surface area contributed by atoms with Gasteiger partial charge >= 0.3 is 0 Å². The van der Waals surface area contributed by atoms with E-state index in [1.165, 1.54) is 11.1 Å². The predicted molar refractivity (Wildman–Crippen MR) is 114 cm³/mol. The zero-order valence-corrected chi connectivity index (χ0v) is 16.3. The molecule has 0 radical (unpaired) electrons. The number of rotatable bonds is 4. The summed E-state index contributed by atoms with van der Waals surface area (Å²) < 4.78 is 0. The Labute approximate surface area is 165 Å². The third-order valence-corrected chi connectivity index (χ3v) is 6.38. The normalized spacial score (nSPS) is 14.0. The van der Waals surface area contributed by atoms with Gasteiger partial charge in [0.1, 0.15) is 0 Å². The third kappa shape index (κ3) is 3.65. The van der Waals surface area contributed by atoms with Gasteiger partial charge in [0.2, 0.25) is 5.91 Å². The van der Waals surface area contributed by atoms with Crippen LogP contribution in [0.25, 0.3) is 0 Å². The highest BCUT2D eigenvalue weighted by Gasteiger charge is 2.30. The van der Waals surface area contributed by atoms with Crippen LogP contribution in [0.3, 0.4) is 0 Å². The number of amides is 1. The van der Waals surface area contributed by atoms with Crippen molar-refractivity contribution in [3.8, 4) is 0 Å². The van der Waals surface area contributed by atoms with Gasteiger partial charge in [-0.15, -0.1) is 11.8 Å². The van der Waals surface area contributed by atoms with Gasteiger partial charge in [-0.3, -0.25) is 9.69 Å². The quantitative estimate of drug-likeness (QED) is 0.521. The van der Waals surface area contributed by atoms with Gasteiger partial charge in [-0.25, -0.2) is 0 Å². The Hall–Kier alpha value is -2.52. The van der Waals surface area contributed by atoms with E-state index in [0.717, 1.165) is 35.5 Å². The van der Waals surface area contributed by atoms with E-state index in [2.05, 4.69) is 55.5 Å². The van der Waals surface area contributed by atoms with Crippen LogP contribution in [-0.4, -0.2) is 11.2 Å². The summed E-state index contributed by atoms with van der Waals surface area (Å²) >= 11 is 1.66. The fourth-order valence-corrected chi connectivity index (χ4v) is 4.65. The van der Waals surface area contributed by atoms with Crippen LogP contribution in [0.1, 0.15) is 24.5 Å². The minimum Gasteiger partial charge on any atom is -0.280 e. The molecule has 0 saturated heterocycles. The summed E-state index contributed by atoms with van der Waals surface area (Å²) in [5, 5.41) is -0.119. The number of benzene rings is 3. The molecule has 1 unspecified atom stereocenters. The van der Waals surface area contributed by atoms with E-state index in [1.54, 1.807) is 11.8 Å². The van der Waals surface area contributed by atoms with Crippen LogP contribution in [0.2, 0.25) is 0 Å². The van der Waals surface area contributed by atoms with Gasteiger partial charge in [-0.1, -0.05) is 61.5 Å². The molecule has 2 nitrogen and oxygen atoms in total. The first-order valence-corrected chi connectivity index (χ1v) is 10.4. The van der Waals surface area contributed by atoms with Crippen LogP contribution in [0.4, 0.5) is 11.4 Å². The monoisotopic (exact) mass is 373 g/mol. The highest BCUT2D eigenvalue weighted by atomic mass is 32.2. The average molecular weight is 374 g/mol. The van der Waals surface area contributed by atoms with E-state index in [-0.39, 0.29) is 11.2 Å². The van der Waals surface area contributed by atoms with E-state index >= 15 is 0 Å². The lowest BCUT2D eigenvalue weighted by molar-refractivity contribution is -0.117. The average Bonchev–Trinajstić information content (AvgIpc) is 2.89. The van der Waals surface area contributed by atoms with Crippen molar-refractivity contribution in [3.63, 3.8) is 0 Å². The largest absolute Gasteiger partial charge is 0.280 e. The number of aryl methyl sites for hydroxylation is 2. The van der Waals surface area contributed by atoms with Gasteiger partial charge in [0, 0.05) is 4.90 Å². The Morgan fingerprint density at radius 2 is 1.37 bits per heavy atom. The lowest BCUT2D eigenvalue weighted by Gasteiger charge is -2.28. The van der Waals surface area contributed by atoms with Gasteiger partial charge in [0.25, 0.3) is 0 Å². The second-order valence-electron chi connectivity index (χ2n) is 6.76. The Morgan fingerprint density at radius 3 is 1.93 bits per heavy atom. The van der Waals surface area contributed by atoms with Gasteiger partial charge in [-0.05, 0) is 54.7 Å². The summed E-state index contributed by atoms with van der Waals surface area (Å²) in [4.78, 5) is 16.8. The van der Waals surface area contributed by atoms with E-state index in [9.17, 15) is 4.79 Å². The topological polar surface area (TPSA) is 20.3 Å². The van der Waals surface area contributed by atoms with Gasteiger partial charge in [0.05, 0.1) is 16.6 Å². The Balaban J connectivity index is 1.75. The van der Waals surface area contributed by atoms with E-state index in [0.29, 0.717) is 0 Å². The molecule has 3 aromatic rings. The molecule has 1 aliphatic rings. The molecule has 0 bridgehead atoms. The molecule has 0 aliphatic carbocycles. The first kappa shape index (κ1) is 17.9. The van der Waals surface area contributed by atoms with Gasteiger partial charge < -0.3 is 0 Å². The molecule has 0 N–H and O–H groups in total. The summed E-state index contributed by atoms with van der Waals surface area (Å²) in [5.74, 6) is 0.160. The minimum atomic E-state index is -0.119. The summed E-state index contributed by atoms with van der Waals surface area (Å²) in [6, 6.07) is 26.8. The lowest BCUT2D eigenvalue weighted by Crippen LogP contribution is -2.34. The molecule has 136 valence electrons. The van der Waals surface area contributed by atoms with Crippen molar-refractivity contribution in [1.29, 1.82) is 0 Å². The van der Waals surface area contributed by atoms with E-state index in [1.807, 2.05) is 35.2 Å². The van der Waals surface area contributed by atoms with E-state index < -0.39 is 0 Å². The first-order valence-electron chi connectivity index (χ1n) is 9.49. The van der Waals surface area contributed by atoms with Gasteiger partial charge in [-0.2, -0.15) is 0 Å². The Kier molecular flexibility index (Phi) is 5.30. The SMILES string of the molecule is CCC(Sc1ccccc1)C(=O)N1c2ccccc2CCc2ccccc21. The number of fused-ring (bicyclic) bond motifs is 2. The highest BCUT2D eigenvalue weighted by Crippen LogP contribution is 2.38. The Bertz CT molecular complexity index is 890. The number of hydrogen-bond donors (Lipinski definition) is 0.